The van der Waals surface area contributed by atoms with Gasteiger partial charge in [0.2, 0.25) is 15.9 Å². The number of aromatic nitrogens is 1. The number of rotatable bonds is 6. The molecule has 2 fully saturated rings. The molecule has 3 heterocycles. The second-order valence-electron chi connectivity index (χ2n) is 9.50. The van der Waals surface area contributed by atoms with Gasteiger partial charge in [0.1, 0.15) is 5.69 Å². The Hall–Kier alpha value is -2.45. The molecular weight excluding hydrogens is 450 g/mol. The van der Waals surface area contributed by atoms with Crippen LogP contribution in [0.3, 0.4) is 0 Å². The Morgan fingerprint density at radius 3 is 2.59 bits per heavy atom. The third-order valence-electron chi connectivity index (χ3n) is 7.05. The summed E-state index contributed by atoms with van der Waals surface area (Å²) in [5.41, 5.74) is 2.43. The first-order chi connectivity index (χ1) is 16.3. The molecule has 2 saturated heterocycles. The molecule has 2 aliphatic rings. The molecule has 0 bridgehead atoms. The molecule has 34 heavy (non-hydrogen) atoms. The van der Waals surface area contributed by atoms with Crippen molar-refractivity contribution in [2.75, 3.05) is 19.6 Å². The van der Waals surface area contributed by atoms with Crippen LogP contribution in [0.2, 0.25) is 0 Å². The summed E-state index contributed by atoms with van der Waals surface area (Å²) in [5, 5.41) is 3.95. The smallest absolute Gasteiger partial charge is 0.248 e. The lowest BCUT2D eigenvalue weighted by Crippen LogP contribution is -2.51. The van der Waals surface area contributed by atoms with Crippen molar-refractivity contribution in [2.45, 2.75) is 70.2 Å². The summed E-state index contributed by atoms with van der Waals surface area (Å²) in [5.74, 6) is 0.0176. The van der Waals surface area contributed by atoms with E-state index in [-0.39, 0.29) is 35.1 Å². The van der Waals surface area contributed by atoms with Gasteiger partial charge in [0, 0.05) is 25.7 Å². The van der Waals surface area contributed by atoms with E-state index in [4.69, 9.17) is 4.52 Å². The van der Waals surface area contributed by atoms with Crippen LogP contribution in [0.4, 0.5) is 0 Å². The molecule has 2 atom stereocenters. The first-order valence-corrected chi connectivity index (χ1v) is 13.8. The molecule has 1 aromatic heterocycles. The number of aryl methyl sites for hydroxylation is 2. The minimum Gasteiger partial charge on any atom is -0.355 e. The van der Waals surface area contributed by atoms with E-state index in [1.165, 1.54) is 4.31 Å². The van der Waals surface area contributed by atoms with E-state index in [1.54, 1.807) is 13.0 Å². The highest BCUT2D eigenvalue weighted by atomic mass is 32.2. The fourth-order valence-electron chi connectivity index (χ4n) is 5.09. The fraction of sp³-hybridized carbons (Fsp3) is 0.538. The first kappa shape index (κ1) is 24.7. The van der Waals surface area contributed by atoms with Gasteiger partial charge in [0.05, 0.1) is 5.92 Å². The molecule has 1 amide bonds. The van der Waals surface area contributed by atoms with Crippen LogP contribution in [-0.2, 0) is 14.8 Å². The molecule has 4 rings (SSSR count). The van der Waals surface area contributed by atoms with E-state index >= 15 is 0 Å². The SMILES string of the molecule is CC[C@@H]1CCCCN1C(=O)[C@@H]1CCCN(S(=O)(=O)c2c(C)noc2/C=C/c2ccc(C)cc2)C1. The number of hydrogen-bond donors (Lipinski definition) is 0. The highest BCUT2D eigenvalue weighted by Crippen LogP contribution is 2.31. The standard InChI is InChI=1S/C26H35N3O4S/c1-4-23-9-5-6-17-29(23)26(30)22-8-7-16-28(18-22)34(31,32)25-20(3)27-33-24(25)15-14-21-12-10-19(2)11-13-21/h10-15,22-23H,4-9,16-18H2,1-3H3/b15-14+/t22-,23-/m1/s1. The van der Waals surface area contributed by atoms with E-state index in [2.05, 4.69) is 12.1 Å². The summed E-state index contributed by atoms with van der Waals surface area (Å²) in [6.45, 7) is 7.16. The van der Waals surface area contributed by atoms with Crippen molar-refractivity contribution in [1.82, 2.24) is 14.4 Å². The van der Waals surface area contributed by atoms with Crippen molar-refractivity contribution < 1.29 is 17.7 Å². The largest absolute Gasteiger partial charge is 0.355 e. The molecule has 8 heteroatoms. The molecule has 1 aromatic carbocycles. The molecule has 2 aliphatic heterocycles. The number of nitrogens with zero attached hydrogens (tertiary/aromatic N) is 3. The Morgan fingerprint density at radius 1 is 1.09 bits per heavy atom. The maximum Gasteiger partial charge on any atom is 0.248 e. The number of carbonyl (C=O) groups excluding carboxylic acids is 1. The Labute approximate surface area is 202 Å². The predicted octanol–water partition coefficient (Wildman–Crippen LogP) is 4.65. The lowest BCUT2D eigenvalue weighted by atomic mass is 9.93. The van der Waals surface area contributed by atoms with Crippen molar-refractivity contribution >= 4 is 28.1 Å². The minimum absolute atomic E-state index is 0.0911. The normalized spacial score (nSPS) is 22.4. The highest BCUT2D eigenvalue weighted by molar-refractivity contribution is 7.89. The third kappa shape index (κ3) is 5.13. The third-order valence-corrected chi connectivity index (χ3v) is 9.07. The van der Waals surface area contributed by atoms with Gasteiger partial charge in [0.25, 0.3) is 0 Å². The van der Waals surface area contributed by atoms with Gasteiger partial charge in [-0.1, -0.05) is 48.0 Å². The summed E-state index contributed by atoms with van der Waals surface area (Å²) in [6, 6.07) is 8.20. The summed E-state index contributed by atoms with van der Waals surface area (Å²) in [6.07, 6.45) is 9.02. The van der Waals surface area contributed by atoms with Gasteiger partial charge >= 0.3 is 0 Å². The quantitative estimate of drug-likeness (QED) is 0.595. The van der Waals surface area contributed by atoms with Crippen molar-refractivity contribution in [3.63, 3.8) is 0 Å². The van der Waals surface area contributed by atoms with Gasteiger partial charge in [-0.3, -0.25) is 4.79 Å². The van der Waals surface area contributed by atoms with Crippen molar-refractivity contribution in [2.24, 2.45) is 5.92 Å². The zero-order valence-corrected chi connectivity index (χ0v) is 21.2. The van der Waals surface area contributed by atoms with Gasteiger partial charge in [0.15, 0.2) is 10.7 Å². The Morgan fingerprint density at radius 2 is 1.85 bits per heavy atom. The minimum atomic E-state index is -3.85. The number of carbonyl (C=O) groups is 1. The van der Waals surface area contributed by atoms with Crippen LogP contribution in [0.5, 0.6) is 0 Å². The van der Waals surface area contributed by atoms with Gasteiger partial charge in [-0.25, -0.2) is 8.42 Å². The zero-order chi connectivity index (χ0) is 24.3. The molecule has 0 spiro atoms. The van der Waals surface area contributed by atoms with E-state index in [9.17, 15) is 13.2 Å². The monoisotopic (exact) mass is 485 g/mol. The van der Waals surface area contributed by atoms with Crippen molar-refractivity contribution in [3.8, 4) is 0 Å². The van der Waals surface area contributed by atoms with Crippen LogP contribution in [0.25, 0.3) is 12.2 Å². The molecule has 2 aromatic rings. The molecule has 7 nitrogen and oxygen atoms in total. The maximum atomic E-state index is 13.7. The van der Waals surface area contributed by atoms with Gasteiger partial charge in [-0.05, 0) is 64.0 Å². The van der Waals surface area contributed by atoms with Gasteiger partial charge in [-0.15, -0.1) is 0 Å². The molecular formula is C26H35N3O4S. The molecule has 0 saturated carbocycles. The maximum absolute atomic E-state index is 13.7. The van der Waals surface area contributed by atoms with E-state index in [0.717, 1.165) is 49.8 Å². The molecule has 0 radical (unpaired) electrons. The van der Waals surface area contributed by atoms with Crippen molar-refractivity contribution in [1.29, 1.82) is 0 Å². The average Bonchev–Trinajstić information content (AvgIpc) is 3.24. The van der Waals surface area contributed by atoms with Crippen LogP contribution in [-0.4, -0.2) is 54.4 Å². The predicted molar refractivity (Wildman–Crippen MR) is 132 cm³/mol. The number of piperidine rings is 2. The molecule has 184 valence electrons. The van der Waals surface area contributed by atoms with Crippen LogP contribution >= 0.6 is 0 Å². The van der Waals surface area contributed by atoms with Gasteiger partial charge < -0.3 is 9.42 Å². The van der Waals surface area contributed by atoms with E-state index in [0.29, 0.717) is 18.7 Å². The number of benzene rings is 1. The molecule has 0 unspecified atom stereocenters. The number of sulfonamides is 1. The molecule has 0 aliphatic carbocycles. The van der Waals surface area contributed by atoms with Crippen LogP contribution in [0.15, 0.2) is 33.7 Å². The fourth-order valence-corrected chi connectivity index (χ4v) is 6.86. The summed E-state index contributed by atoms with van der Waals surface area (Å²) >= 11 is 0. The lowest BCUT2D eigenvalue weighted by Gasteiger charge is -2.39. The summed E-state index contributed by atoms with van der Waals surface area (Å²) < 4.78 is 34.2. The van der Waals surface area contributed by atoms with Crippen LogP contribution < -0.4 is 0 Å². The van der Waals surface area contributed by atoms with E-state index in [1.807, 2.05) is 42.2 Å². The number of amides is 1. The second kappa shape index (κ2) is 10.4. The van der Waals surface area contributed by atoms with Gasteiger partial charge in [-0.2, -0.15) is 4.31 Å². The highest BCUT2D eigenvalue weighted by Gasteiger charge is 2.39. The van der Waals surface area contributed by atoms with Crippen LogP contribution in [0.1, 0.15) is 68.0 Å². The Kier molecular flexibility index (Phi) is 7.57. The second-order valence-corrected chi connectivity index (χ2v) is 11.4. The summed E-state index contributed by atoms with van der Waals surface area (Å²) in [7, 11) is -3.85. The zero-order valence-electron chi connectivity index (χ0n) is 20.4. The number of hydrogen-bond acceptors (Lipinski definition) is 5. The number of likely N-dealkylation sites (tertiary alicyclic amines) is 1. The average molecular weight is 486 g/mol. The van der Waals surface area contributed by atoms with Crippen molar-refractivity contribution in [3.05, 3.63) is 46.8 Å². The van der Waals surface area contributed by atoms with Crippen LogP contribution in [0, 0.1) is 19.8 Å². The first-order valence-electron chi connectivity index (χ1n) is 12.3. The Bertz CT molecular complexity index is 1140. The van der Waals surface area contributed by atoms with E-state index < -0.39 is 10.0 Å². The molecule has 0 N–H and O–H groups in total. The Balaban J connectivity index is 1.54. The topological polar surface area (TPSA) is 83.7 Å². The lowest BCUT2D eigenvalue weighted by molar-refractivity contribution is -0.140. The summed E-state index contributed by atoms with van der Waals surface area (Å²) in [4.78, 5) is 15.5.